The first-order chi connectivity index (χ1) is 7.65. The SMILES string of the molecule is CNC(=O)CN(C)Cc1cc(NC)ccn1. The molecule has 2 N–H and O–H groups in total. The highest BCUT2D eigenvalue weighted by Gasteiger charge is 2.06. The summed E-state index contributed by atoms with van der Waals surface area (Å²) in [6, 6.07) is 3.88. The molecule has 0 saturated heterocycles. The lowest BCUT2D eigenvalue weighted by Gasteiger charge is -2.15. The van der Waals surface area contributed by atoms with Gasteiger partial charge in [0.1, 0.15) is 0 Å². The van der Waals surface area contributed by atoms with Crippen LogP contribution in [-0.4, -0.2) is 43.5 Å². The standard InChI is InChI=1S/C11H18N4O/c1-12-9-4-5-14-10(6-9)7-15(3)8-11(16)13-2/h4-6H,7-8H2,1-3H3,(H,12,14)(H,13,16). The number of nitrogens with one attached hydrogen (secondary N) is 2. The van der Waals surface area contributed by atoms with Gasteiger partial charge >= 0.3 is 0 Å². The molecule has 1 aromatic rings. The molecule has 1 heterocycles. The molecule has 0 aromatic carbocycles. The van der Waals surface area contributed by atoms with Crippen LogP contribution in [0.5, 0.6) is 0 Å². The monoisotopic (exact) mass is 222 g/mol. The Morgan fingerprint density at radius 2 is 2.25 bits per heavy atom. The predicted octanol–water partition coefficient (Wildman–Crippen LogP) is 0.301. The molecule has 0 atom stereocenters. The van der Waals surface area contributed by atoms with Crippen LogP contribution in [-0.2, 0) is 11.3 Å². The van der Waals surface area contributed by atoms with Gasteiger partial charge in [0.05, 0.1) is 12.2 Å². The summed E-state index contributed by atoms with van der Waals surface area (Å²) in [7, 11) is 5.40. The molecule has 16 heavy (non-hydrogen) atoms. The molecule has 0 spiro atoms. The van der Waals surface area contributed by atoms with E-state index >= 15 is 0 Å². The molecular weight excluding hydrogens is 204 g/mol. The number of amides is 1. The minimum Gasteiger partial charge on any atom is -0.388 e. The Kier molecular flexibility index (Phi) is 4.72. The predicted molar refractivity (Wildman–Crippen MR) is 64.2 cm³/mol. The molecule has 0 bridgehead atoms. The molecule has 0 fully saturated rings. The van der Waals surface area contributed by atoms with E-state index < -0.39 is 0 Å². The molecule has 5 heteroatoms. The number of carbonyl (C=O) groups is 1. The van der Waals surface area contributed by atoms with E-state index in [9.17, 15) is 4.79 Å². The molecule has 88 valence electrons. The fraction of sp³-hybridized carbons (Fsp3) is 0.455. The molecule has 1 aromatic heterocycles. The maximum Gasteiger partial charge on any atom is 0.233 e. The maximum absolute atomic E-state index is 11.2. The van der Waals surface area contributed by atoms with Gasteiger partial charge in [-0.1, -0.05) is 0 Å². The van der Waals surface area contributed by atoms with Gasteiger partial charge in [0.25, 0.3) is 0 Å². The van der Waals surface area contributed by atoms with Gasteiger partial charge in [0.15, 0.2) is 0 Å². The van der Waals surface area contributed by atoms with Gasteiger partial charge in [-0.2, -0.15) is 0 Å². The summed E-state index contributed by atoms with van der Waals surface area (Å²) >= 11 is 0. The van der Waals surface area contributed by atoms with Gasteiger partial charge in [-0.15, -0.1) is 0 Å². The van der Waals surface area contributed by atoms with E-state index in [4.69, 9.17) is 0 Å². The van der Waals surface area contributed by atoms with E-state index in [0.29, 0.717) is 13.1 Å². The van der Waals surface area contributed by atoms with Crippen LogP contribution in [0.4, 0.5) is 5.69 Å². The van der Waals surface area contributed by atoms with Crippen LogP contribution >= 0.6 is 0 Å². The molecular formula is C11H18N4O. The first-order valence-electron chi connectivity index (χ1n) is 5.17. The van der Waals surface area contributed by atoms with Crippen LogP contribution in [0.1, 0.15) is 5.69 Å². The number of hydrogen-bond acceptors (Lipinski definition) is 4. The van der Waals surface area contributed by atoms with E-state index in [-0.39, 0.29) is 5.91 Å². The Hall–Kier alpha value is -1.62. The molecule has 0 aliphatic carbocycles. The van der Waals surface area contributed by atoms with Crippen LogP contribution < -0.4 is 10.6 Å². The number of anilines is 1. The van der Waals surface area contributed by atoms with Gasteiger partial charge in [0, 0.05) is 32.5 Å². The second-order valence-corrected chi connectivity index (χ2v) is 3.63. The number of pyridine rings is 1. The minimum absolute atomic E-state index is 0.00673. The Morgan fingerprint density at radius 3 is 2.88 bits per heavy atom. The highest BCUT2D eigenvalue weighted by Crippen LogP contribution is 2.08. The van der Waals surface area contributed by atoms with Gasteiger partial charge in [-0.05, 0) is 19.2 Å². The topological polar surface area (TPSA) is 57.3 Å². The molecule has 1 amide bonds. The van der Waals surface area contributed by atoms with Crippen molar-refractivity contribution in [2.75, 3.05) is 33.0 Å². The second kappa shape index (κ2) is 6.07. The maximum atomic E-state index is 11.2. The first kappa shape index (κ1) is 12.4. The molecule has 0 saturated carbocycles. The lowest BCUT2D eigenvalue weighted by Crippen LogP contribution is -2.32. The molecule has 5 nitrogen and oxygen atoms in total. The number of hydrogen-bond donors (Lipinski definition) is 2. The van der Waals surface area contributed by atoms with Crippen molar-refractivity contribution in [3.05, 3.63) is 24.0 Å². The van der Waals surface area contributed by atoms with Crippen LogP contribution in [0.2, 0.25) is 0 Å². The normalized spacial score (nSPS) is 10.2. The summed E-state index contributed by atoms with van der Waals surface area (Å²) in [5.74, 6) is 0.00673. The Morgan fingerprint density at radius 1 is 1.50 bits per heavy atom. The second-order valence-electron chi connectivity index (χ2n) is 3.63. The van der Waals surface area contributed by atoms with Gasteiger partial charge in [0.2, 0.25) is 5.91 Å². The molecule has 1 rings (SSSR count). The summed E-state index contributed by atoms with van der Waals surface area (Å²) in [6.45, 7) is 1.03. The average molecular weight is 222 g/mol. The summed E-state index contributed by atoms with van der Waals surface area (Å²) in [6.07, 6.45) is 1.76. The van der Waals surface area contributed by atoms with Crippen molar-refractivity contribution in [1.29, 1.82) is 0 Å². The Balaban J connectivity index is 2.55. The van der Waals surface area contributed by atoms with Crippen molar-refractivity contribution in [2.45, 2.75) is 6.54 Å². The number of nitrogens with zero attached hydrogens (tertiary/aromatic N) is 2. The van der Waals surface area contributed by atoms with Crippen molar-refractivity contribution in [1.82, 2.24) is 15.2 Å². The van der Waals surface area contributed by atoms with Crippen LogP contribution in [0, 0.1) is 0 Å². The van der Waals surface area contributed by atoms with E-state index in [2.05, 4.69) is 15.6 Å². The number of carbonyl (C=O) groups excluding carboxylic acids is 1. The Bertz CT molecular complexity index is 354. The smallest absolute Gasteiger partial charge is 0.233 e. The lowest BCUT2D eigenvalue weighted by molar-refractivity contribution is -0.121. The zero-order chi connectivity index (χ0) is 12.0. The van der Waals surface area contributed by atoms with Gasteiger partial charge in [-0.25, -0.2) is 0 Å². The lowest BCUT2D eigenvalue weighted by atomic mass is 10.3. The van der Waals surface area contributed by atoms with Gasteiger partial charge < -0.3 is 10.6 Å². The number of aromatic nitrogens is 1. The van der Waals surface area contributed by atoms with Crippen molar-refractivity contribution in [3.63, 3.8) is 0 Å². The number of rotatable bonds is 5. The quantitative estimate of drug-likeness (QED) is 0.752. The summed E-state index contributed by atoms with van der Waals surface area (Å²) < 4.78 is 0. The van der Waals surface area contributed by atoms with Crippen molar-refractivity contribution in [2.24, 2.45) is 0 Å². The minimum atomic E-state index is 0.00673. The van der Waals surface area contributed by atoms with E-state index in [1.165, 1.54) is 0 Å². The third-order valence-electron chi connectivity index (χ3n) is 2.23. The first-order valence-corrected chi connectivity index (χ1v) is 5.17. The van der Waals surface area contributed by atoms with E-state index in [1.54, 1.807) is 13.2 Å². The third kappa shape index (κ3) is 3.86. The summed E-state index contributed by atoms with van der Waals surface area (Å²) in [5.41, 5.74) is 1.97. The fourth-order valence-corrected chi connectivity index (χ4v) is 1.38. The van der Waals surface area contributed by atoms with E-state index in [1.807, 2.05) is 31.1 Å². The third-order valence-corrected chi connectivity index (χ3v) is 2.23. The van der Waals surface area contributed by atoms with E-state index in [0.717, 1.165) is 11.4 Å². The molecule has 0 unspecified atom stereocenters. The highest BCUT2D eigenvalue weighted by molar-refractivity contribution is 5.77. The summed E-state index contributed by atoms with van der Waals surface area (Å²) in [5, 5.41) is 5.65. The van der Waals surface area contributed by atoms with Crippen LogP contribution in [0.15, 0.2) is 18.3 Å². The van der Waals surface area contributed by atoms with Crippen LogP contribution in [0.25, 0.3) is 0 Å². The highest BCUT2D eigenvalue weighted by atomic mass is 16.1. The zero-order valence-electron chi connectivity index (χ0n) is 9.95. The Labute approximate surface area is 95.9 Å². The molecule has 0 aliphatic heterocycles. The van der Waals surface area contributed by atoms with Gasteiger partial charge in [-0.3, -0.25) is 14.7 Å². The van der Waals surface area contributed by atoms with Crippen LogP contribution in [0.3, 0.4) is 0 Å². The number of likely N-dealkylation sites (N-methyl/N-ethyl adjacent to an activating group) is 2. The average Bonchev–Trinajstić information content (AvgIpc) is 2.28. The van der Waals surface area contributed by atoms with Crippen molar-refractivity contribution in [3.8, 4) is 0 Å². The van der Waals surface area contributed by atoms with Crippen molar-refractivity contribution >= 4 is 11.6 Å². The summed E-state index contributed by atoms with van der Waals surface area (Å²) in [4.78, 5) is 17.3. The molecule has 0 aliphatic rings. The molecule has 0 radical (unpaired) electrons. The zero-order valence-corrected chi connectivity index (χ0v) is 9.95. The fourth-order valence-electron chi connectivity index (χ4n) is 1.38. The largest absolute Gasteiger partial charge is 0.388 e. The van der Waals surface area contributed by atoms with Crippen molar-refractivity contribution < 1.29 is 4.79 Å².